The van der Waals surface area contributed by atoms with Crippen molar-refractivity contribution in [1.82, 2.24) is 0 Å². The Kier molecular flexibility index (Phi) is 3.90. The molecule has 0 fully saturated rings. The Hall–Kier alpha value is -2.27. The minimum absolute atomic E-state index is 0.397. The SMILES string of the molecule is COc1ccc(-c2cc3cccc(Br)c3oc2=O)cc1OC. The zero-order chi connectivity index (χ0) is 15.7. The molecule has 3 aromatic rings. The van der Waals surface area contributed by atoms with E-state index < -0.39 is 5.63 Å². The van der Waals surface area contributed by atoms with Crippen LogP contribution in [-0.4, -0.2) is 14.2 Å². The van der Waals surface area contributed by atoms with Crippen LogP contribution in [0, 0.1) is 0 Å². The summed E-state index contributed by atoms with van der Waals surface area (Å²) in [6.45, 7) is 0. The van der Waals surface area contributed by atoms with Crippen molar-refractivity contribution >= 4 is 26.9 Å². The molecule has 5 heteroatoms. The summed E-state index contributed by atoms with van der Waals surface area (Å²) in [4.78, 5) is 12.3. The highest BCUT2D eigenvalue weighted by Crippen LogP contribution is 2.32. The molecule has 22 heavy (non-hydrogen) atoms. The molecular formula is C17H13BrO4. The highest BCUT2D eigenvalue weighted by molar-refractivity contribution is 9.10. The molecule has 3 rings (SSSR count). The summed E-state index contributed by atoms with van der Waals surface area (Å²) < 4.78 is 16.7. The molecule has 0 aliphatic rings. The summed E-state index contributed by atoms with van der Waals surface area (Å²) in [7, 11) is 3.13. The van der Waals surface area contributed by atoms with Crippen molar-refractivity contribution in [2.45, 2.75) is 0 Å². The summed E-state index contributed by atoms with van der Waals surface area (Å²) in [5.74, 6) is 1.17. The van der Waals surface area contributed by atoms with Gasteiger partial charge in [-0.1, -0.05) is 18.2 Å². The topological polar surface area (TPSA) is 48.7 Å². The first-order valence-corrected chi connectivity index (χ1v) is 7.38. The van der Waals surface area contributed by atoms with E-state index >= 15 is 0 Å². The van der Waals surface area contributed by atoms with Gasteiger partial charge >= 0.3 is 5.63 Å². The van der Waals surface area contributed by atoms with Gasteiger partial charge in [0.1, 0.15) is 0 Å². The molecule has 0 unspecified atom stereocenters. The van der Waals surface area contributed by atoms with Gasteiger partial charge in [-0.3, -0.25) is 0 Å². The van der Waals surface area contributed by atoms with Gasteiger partial charge in [-0.05, 0) is 45.8 Å². The molecular weight excluding hydrogens is 348 g/mol. The molecule has 0 saturated heterocycles. The van der Waals surface area contributed by atoms with Crippen LogP contribution in [0.1, 0.15) is 0 Å². The first-order valence-electron chi connectivity index (χ1n) is 6.59. The third-order valence-electron chi connectivity index (χ3n) is 3.41. The average Bonchev–Trinajstić information content (AvgIpc) is 2.54. The molecule has 0 aliphatic carbocycles. The van der Waals surface area contributed by atoms with E-state index in [-0.39, 0.29) is 0 Å². The second-order valence-electron chi connectivity index (χ2n) is 4.68. The summed E-state index contributed by atoms with van der Waals surface area (Å²) >= 11 is 3.38. The van der Waals surface area contributed by atoms with Crippen LogP contribution in [0.2, 0.25) is 0 Å². The maximum Gasteiger partial charge on any atom is 0.344 e. The number of ether oxygens (including phenoxy) is 2. The average molecular weight is 361 g/mol. The molecule has 1 heterocycles. The Labute approximate surface area is 135 Å². The lowest BCUT2D eigenvalue weighted by Crippen LogP contribution is -2.03. The standard InChI is InChI=1S/C17H13BrO4/c1-20-14-7-6-10(9-15(14)21-2)12-8-11-4-3-5-13(18)16(11)22-17(12)19/h3-9H,1-2H3. The van der Waals surface area contributed by atoms with Gasteiger partial charge < -0.3 is 13.9 Å². The van der Waals surface area contributed by atoms with Crippen molar-refractivity contribution in [3.63, 3.8) is 0 Å². The molecule has 1 aromatic heterocycles. The van der Waals surface area contributed by atoms with E-state index in [1.165, 1.54) is 0 Å². The van der Waals surface area contributed by atoms with E-state index in [2.05, 4.69) is 15.9 Å². The Morgan fingerprint density at radius 3 is 2.50 bits per heavy atom. The third kappa shape index (κ3) is 2.48. The van der Waals surface area contributed by atoms with Crippen molar-refractivity contribution in [1.29, 1.82) is 0 Å². The molecule has 0 atom stereocenters. The first-order chi connectivity index (χ1) is 10.6. The van der Waals surface area contributed by atoms with Crippen molar-refractivity contribution in [3.05, 3.63) is 57.4 Å². The summed E-state index contributed by atoms with van der Waals surface area (Å²) in [6.07, 6.45) is 0. The minimum atomic E-state index is -0.397. The second kappa shape index (κ2) is 5.85. The van der Waals surface area contributed by atoms with Crippen LogP contribution >= 0.6 is 15.9 Å². The Balaban J connectivity index is 2.22. The summed E-state index contributed by atoms with van der Waals surface area (Å²) in [6, 6.07) is 12.8. The van der Waals surface area contributed by atoms with Crippen molar-refractivity contribution in [2.75, 3.05) is 14.2 Å². The number of para-hydroxylation sites is 1. The molecule has 112 valence electrons. The fourth-order valence-electron chi connectivity index (χ4n) is 2.31. The molecule has 0 N–H and O–H groups in total. The van der Waals surface area contributed by atoms with E-state index in [4.69, 9.17) is 13.9 Å². The molecule has 0 saturated carbocycles. The number of hydrogen-bond acceptors (Lipinski definition) is 4. The fraction of sp³-hybridized carbons (Fsp3) is 0.118. The lowest BCUT2D eigenvalue weighted by Gasteiger charge is -2.09. The number of fused-ring (bicyclic) bond motifs is 1. The predicted octanol–water partition coefficient (Wildman–Crippen LogP) is 4.24. The van der Waals surface area contributed by atoms with Gasteiger partial charge in [0.25, 0.3) is 0 Å². The molecule has 0 aliphatic heterocycles. The van der Waals surface area contributed by atoms with Gasteiger partial charge in [0.05, 0.1) is 24.3 Å². The summed E-state index contributed by atoms with van der Waals surface area (Å²) in [5, 5.41) is 0.846. The molecule has 0 radical (unpaired) electrons. The maximum absolute atomic E-state index is 12.3. The van der Waals surface area contributed by atoms with Gasteiger partial charge in [0.15, 0.2) is 17.1 Å². The molecule has 2 aromatic carbocycles. The van der Waals surface area contributed by atoms with Crippen LogP contribution < -0.4 is 15.1 Å². The lowest BCUT2D eigenvalue weighted by molar-refractivity contribution is 0.355. The normalized spacial score (nSPS) is 10.7. The fourth-order valence-corrected chi connectivity index (χ4v) is 2.78. The number of benzene rings is 2. The van der Waals surface area contributed by atoms with E-state index in [9.17, 15) is 4.79 Å². The maximum atomic E-state index is 12.3. The molecule has 0 amide bonds. The van der Waals surface area contributed by atoms with Gasteiger partial charge in [-0.15, -0.1) is 0 Å². The highest BCUT2D eigenvalue weighted by atomic mass is 79.9. The highest BCUT2D eigenvalue weighted by Gasteiger charge is 2.12. The smallest absolute Gasteiger partial charge is 0.344 e. The van der Waals surface area contributed by atoms with Crippen LogP contribution in [-0.2, 0) is 0 Å². The van der Waals surface area contributed by atoms with Crippen LogP contribution in [0.15, 0.2) is 56.1 Å². The van der Waals surface area contributed by atoms with Crippen molar-refractivity contribution in [2.24, 2.45) is 0 Å². The molecule has 0 bridgehead atoms. The lowest BCUT2D eigenvalue weighted by atomic mass is 10.1. The van der Waals surface area contributed by atoms with Crippen LogP contribution in [0.3, 0.4) is 0 Å². The van der Waals surface area contributed by atoms with Crippen LogP contribution in [0.25, 0.3) is 22.1 Å². The monoisotopic (exact) mass is 360 g/mol. The number of hydrogen-bond donors (Lipinski definition) is 0. The quantitative estimate of drug-likeness (QED) is 0.655. The van der Waals surface area contributed by atoms with E-state index in [0.29, 0.717) is 28.2 Å². The zero-order valence-electron chi connectivity index (χ0n) is 12.1. The third-order valence-corrected chi connectivity index (χ3v) is 4.03. The van der Waals surface area contributed by atoms with Crippen LogP contribution in [0.4, 0.5) is 0 Å². The number of rotatable bonds is 3. The van der Waals surface area contributed by atoms with E-state index in [1.807, 2.05) is 24.3 Å². The zero-order valence-corrected chi connectivity index (χ0v) is 13.6. The van der Waals surface area contributed by atoms with Gasteiger partial charge in [0.2, 0.25) is 0 Å². The Bertz CT molecular complexity index is 899. The van der Waals surface area contributed by atoms with Crippen molar-refractivity contribution < 1.29 is 13.9 Å². The predicted molar refractivity (Wildman–Crippen MR) is 88.7 cm³/mol. The van der Waals surface area contributed by atoms with Crippen molar-refractivity contribution in [3.8, 4) is 22.6 Å². The first kappa shape index (κ1) is 14.7. The Morgan fingerprint density at radius 1 is 1.00 bits per heavy atom. The largest absolute Gasteiger partial charge is 0.493 e. The minimum Gasteiger partial charge on any atom is -0.493 e. The van der Waals surface area contributed by atoms with Crippen LogP contribution in [0.5, 0.6) is 11.5 Å². The summed E-state index contributed by atoms with van der Waals surface area (Å²) in [5.41, 5.74) is 1.34. The number of methoxy groups -OCH3 is 2. The second-order valence-corrected chi connectivity index (χ2v) is 5.53. The van der Waals surface area contributed by atoms with Gasteiger partial charge in [-0.25, -0.2) is 4.79 Å². The molecule has 0 spiro atoms. The molecule has 4 nitrogen and oxygen atoms in total. The number of halogens is 1. The van der Waals surface area contributed by atoms with E-state index in [0.717, 1.165) is 9.86 Å². The van der Waals surface area contributed by atoms with Gasteiger partial charge in [0, 0.05) is 5.39 Å². The van der Waals surface area contributed by atoms with E-state index in [1.54, 1.807) is 32.4 Å². The Morgan fingerprint density at radius 2 is 1.77 bits per heavy atom. The van der Waals surface area contributed by atoms with Gasteiger partial charge in [-0.2, -0.15) is 0 Å².